The van der Waals surface area contributed by atoms with Crippen molar-refractivity contribution in [3.05, 3.63) is 40.4 Å². The topological polar surface area (TPSA) is 33.1 Å². The first-order chi connectivity index (χ1) is 8.99. The fourth-order valence-corrected chi connectivity index (χ4v) is 2.22. The highest BCUT2D eigenvalue weighted by molar-refractivity contribution is 9.10. The standard InChI is InChI=1S/C13H16BrFN4/c1-18(2)13-17-8-10(19(13)3)7-16-12-6-9(15)4-5-11(12)14/h4-6,8,16H,7H2,1-3H3. The maximum atomic E-state index is 13.2. The molecule has 4 nitrogen and oxygen atoms in total. The summed E-state index contributed by atoms with van der Waals surface area (Å²) >= 11 is 3.39. The van der Waals surface area contributed by atoms with E-state index in [1.807, 2.05) is 36.8 Å². The van der Waals surface area contributed by atoms with Crippen LogP contribution in [-0.2, 0) is 13.6 Å². The van der Waals surface area contributed by atoms with Crippen LogP contribution in [0.15, 0.2) is 28.9 Å². The Labute approximate surface area is 120 Å². The molecule has 19 heavy (non-hydrogen) atoms. The third-order valence-corrected chi connectivity index (χ3v) is 3.54. The van der Waals surface area contributed by atoms with Gasteiger partial charge in [0.2, 0.25) is 5.95 Å². The molecule has 102 valence electrons. The lowest BCUT2D eigenvalue weighted by Crippen LogP contribution is -2.15. The molecule has 0 fully saturated rings. The number of nitrogens with zero attached hydrogens (tertiary/aromatic N) is 3. The van der Waals surface area contributed by atoms with Crippen molar-refractivity contribution in [1.82, 2.24) is 9.55 Å². The number of anilines is 2. The largest absolute Gasteiger partial charge is 0.378 e. The van der Waals surface area contributed by atoms with Crippen molar-refractivity contribution in [2.45, 2.75) is 6.54 Å². The number of rotatable bonds is 4. The van der Waals surface area contributed by atoms with Crippen molar-refractivity contribution in [2.24, 2.45) is 7.05 Å². The molecule has 0 saturated carbocycles. The van der Waals surface area contributed by atoms with Crippen LogP contribution in [0.4, 0.5) is 16.0 Å². The van der Waals surface area contributed by atoms with E-state index in [9.17, 15) is 4.39 Å². The number of hydrogen-bond donors (Lipinski definition) is 1. The Morgan fingerprint density at radius 1 is 1.42 bits per heavy atom. The van der Waals surface area contributed by atoms with Crippen LogP contribution in [0.25, 0.3) is 0 Å². The first kappa shape index (κ1) is 13.9. The van der Waals surface area contributed by atoms with Gasteiger partial charge >= 0.3 is 0 Å². The maximum absolute atomic E-state index is 13.2. The molecule has 0 unspecified atom stereocenters. The second kappa shape index (κ2) is 5.61. The van der Waals surface area contributed by atoms with E-state index in [0.29, 0.717) is 6.54 Å². The summed E-state index contributed by atoms with van der Waals surface area (Å²) in [6, 6.07) is 4.57. The van der Waals surface area contributed by atoms with Crippen LogP contribution < -0.4 is 10.2 Å². The Kier molecular flexibility index (Phi) is 4.09. The second-order valence-electron chi connectivity index (χ2n) is 4.48. The summed E-state index contributed by atoms with van der Waals surface area (Å²) < 4.78 is 16.0. The van der Waals surface area contributed by atoms with Gasteiger partial charge in [0, 0.05) is 25.6 Å². The summed E-state index contributed by atoms with van der Waals surface area (Å²) in [6.07, 6.45) is 1.82. The summed E-state index contributed by atoms with van der Waals surface area (Å²) in [7, 11) is 5.85. The Morgan fingerprint density at radius 2 is 2.16 bits per heavy atom. The average Bonchev–Trinajstić information content (AvgIpc) is 2.72. The molecular weight excluding hydrogens is 311 g/mol. The number of nitrogens with one attached hydrogen (secondary N) is 1. The highest BCUT2D eigenvalue weighted by Crippen LogP contribution is 2.24. The average molecular weight is 327 g/mol. The van der Waals surface area contributed by atoms with Gasteiger partial charge in [0.1, 0.15) is 5.82 Å². The molecule has 0 aliphatic rings. The van der Waals surface area contributed by atoms with E-state index in [-0.39, 0.29) is 5.82 Å². The number of aromatic nitrogens is 2. The van der Waals surface area contributed by atoms with Gasteiger partial charge in [0.25, 0.3) is 0 Å². The second-order valence-corrected chi connectivity index (χ2v) is 5.34. The zero-order valence-corrected chi connectivity index (χ0v) is 12.7. The first-order valence-corrected chi connectivity index (χ1v) is 6.65. The molecule has 0 amide bonds. The molecule has 2 rings (SSSR count). The van der Waals surface area contributed by atoms with Crippen LogP contribution in [0.5, 0.6) is 0 Å². The van der Waals surface area contributed by atoms with Crippen molar-refractivity contribution in [3.63, 3.8) is 0 Å². The molecule has 0 bridgehead atoms. The summed E-state index contributed by atoms with van der Waals surface area (Å²) in [5.74, 6) is 0.625. The number of halogens is 2. The van der Waals surface area contributed by atoms with Crippen molar-refractivity contribution < 1.29 is 4.39 Å². The van der Waals surface area contributed by atoms with Crippen LogP contribution in [0, 0.1) is 5.82 Å². The SMILES string of the molecule is CN(C)c1ncc(CNc2cc(F)ccc2Br)n1C. The molecule has 1 N–H and O–H groups in total. The van der Waals surface area contributed by atoms with E-state index in [1.54, 1.807) is 6.07 Å². The van der Waals surface area contributed by atoms with Gasteiger partial charge < -0.3 is 14.8 Å². The van der Waals surface area contributed by atoms with Crippen molar-refractivity contribution >= 4 is 27.6 Å². The monoisotopic (exact) mass is 326 g/mol. The summed E-state index contributed by atoms with van der Waals surface area (Å²) in [5.41, 5.74) is 1.76. The number of hydrogen-bond acceptors (Lipinski definition) is 3. The molecule has 2 aromatic rings. The van der Waals surface area contributed by atoms with Crippen LogP contribution in [-0.4, -0.2) is 23.6 Å². The molecule has 6 heteroatoms. The van der Waals surface area contributed by atoms with Gasteiger partial charge in [-0.2, -0.15) is 0 Å². The molecular formula is C13H16BrFN4. The lowest BCUT2D eigenvalue weighted by molar-refractivity contribution is 0.628. The van der Waals surface area contributed by atoms with Crippen molar-refractivity contribution in [2.75, 3.05) is 24.3 Å². The molecule has 1 heterocycles. The summed E-state index contributed by atoms with van der Waals surface area (Å²) in [4.78, 5) is 6.28. The Hall–Kier alpha value is -1.56. The quantitative estimate of drug-likeness (QED) is 0.937. The van der Waals surface area contributed by atoms with Gasteiger partial charge in [-0.3, -0.25) is 0 Å². The van der Waals surface area contributed by atoms with Crippen molar-refractivity contribution in [1.29, 1.82) is 0 Å². The van der Waals surface area contributed by atoms with E-state index >= 15 is 0 Å². The number of imidazole rings is 1. The third kappa shape index (κ3) is 3.07. The molecule has 0 aliphatic carbocycles. The zero-order valence-electron chi connectivity index (χ0n) is 11.1. The number of benzene rings is 1. The van der Waals surface area contributed by atoms with Gasteiger partial charge in [-0.1, -0.05) is 0 Å². The smallest absolute Gasteiger partial charge is 0.204 e. The molecule has 0 aliphatic heterocycles. The van der Waals surface area contributed by atoms with Crippen molar-refractivity contribution in [3.8, 4) is 0 Å². The molecule has 0 radical (unpaired) electrons. The lowest BCUT2D eigenvalue weighted by atomic mass is 10.3. The van der Waals surface area contributed by atoms with Crippen LogP contribution in [0.1, 0.15) is 5.69 Å². The summed E-state index contributed by atoms with van der Waals surface area (Å²) in [6.45, 7) is 0.583. The Bertz CT molecular complexity index is 580. The Balaban J connectivity index is 2.12. The summed E-state index contributed by atoms with van der Waals surface area (Å²) in [5, 5.41) is 3.20. The highest BCUT2D eigenvalue weighted by atomic mass is 79.9. The fourth-order valence-electron chi connectivity index (χ4n) is 1.83. The fraction of sp³-hybridized carbons (Fsp3) is 0.308. The molecule has 1 aromatic heterocycles. The highest BCUT2D eigenvalue weighted by Gasteiger charge is 2.08. The van der Waals surface area contributed by atoms with Gasteiger partial charge in [-0.25, -0.2) is 9.37 Å². The van der Waals surface area contributed by atoms with Gasteiger partial charge in [-0.05, 0) is 34.1 Å². The molecule has 1 aromatic carbocycles. The Morgan fingerprint density at radius 3 is 2.79 bits per heavy atom. The zero-order chi connectivity index (χ0) is 14.0. The van der Waals surface area contributed by atoms with E-state index in [0.717, 1.165) is 21.8 Å². The van der Waals surface area contributed by atoms with E-state index < -0.39 is 0 Å². The predicted octanol–water partition coefficient (Wildman–Crippen LogP) is 3.00. The minimum Gasteiger partial charge on any atom is -0.378 e. The van der Waals surface area contributed by atoms with Gasteiger partial charge in [0.15, 0.2) is 0 Å². The minimum atomic E-state index is -0.260. The normalized spacial score (nSPS) is 10.6. The predicted molar refractivity (Wildman–Crippen MR) is 79.0 cm³/mol. The first-order valence-electron chi connectivity index (χ1n) is 5.86. The lowest BCUT2D eigenvalue weighted by Gasteiger charge is -2.13. The van der Waals surface area contributed by atoms with Crippen LogP contribution in [0.2, 0.25) is 0 Å². The molecule has 0 spiro atoms. The van der Waals surface area contributed by atoms with E-state index in [1.165, 1.54) is 12.1 Å². The maximum Gasteiger partial charge on any atom is 0.204 e. The van der Waals surface area contributed by atoms with E-state index in [4.69, 9.17) is 0 Å². The minimum absolute atomic E-state index is 0.260. The molecule has 0 atom stereocenters. The van der Waals surface area contributed by atoms with Crippen LogP contribution in [0.3, 0.4) is 0 Å². The van der Waals surface area contributed by atoms with Gasteiger partial charge in [-0.15, -0.1) is 0 Å². The van der Waals surface area contributed by atoms with Crippen LogP contribution >= 0.6 is 15.9 Å². The third-order valence-electron chi connectivity index (χ3n) is 2.85. The van der Waals surface area contributed by atoms with E-state index in [2.05, 4.69) is 26.2 Å². The van der Waals surface area contributed by atoms with Gasteiger partial charge in [0.05, 0.1) is 24.1 Å². The molecule has 0 saturated heterocycles.